The zero-order valence-corrected chi connectivity index (χ0v) is 20.2. The Labute approximate surface area is 218 Å². The van der Waals surface area contributed by atoms with Gasteiger partial charge in [-0.2, -0.15) is 0 Å². The molecule has 188 valence electrons. The van der Waals surface area contributed by atoms with Crippen LogP contribution in [0.4, 0.5) is 5.69 Å². The van der Waals surface area contributed by atoms with E-state index in [0.717, 1.165) is 11.1 Å². The summed E-state index contributed by atoms with van der Waals surface area (Å²) in [6.07, 6.45) is 1.59. The van der Waals surface area contributed by atoms with Crippen molar-refractivity contribution in [3.8, 4) is 11.5 Å². The van der Waals surface area contributed by atoms with E-state index < -0.39 is 10.9 Å². The summed E-state index contributed by atoms with van der Waals surface area (Å²) in [6.45, 7) is 0.718. The second-order valence-electron chi connectivity index (χ2n) is 8.39. The summed E-state index contributed by atoms with van der Waals surface area (Å²) in [5.74, 6) is 0.573. The second kappa shape index (κ2) is 11.2. The molecule has 0 aliphatic carbocycles. The quantitative estimate of drug-likeness (QED) is 0.118. The molecule has 4 aromatic carbocycles. The number of nitro groups is 1. The maximum Gasteiger partial charge on any atom is 0.363 e. The number of cyclic esters (lactones) is 1. The molecule has 0 unspecified atom stereocenters. The average Bonchev–Trinajstić information content (AvgIpc) is 3.32. The van der Waals surface area contributed by atoms with Crippen molar-refractivity contribution in [2.24, 2.45) is 4.99 Å². The SMILES string of the molecule is O=C1OC(c2ccc([N+](=O)[O-])cc2)=N/C1=C\c1ccc(OCc2ccccc2)cc1OCc1ccccc1. The van der Waals surface area contributed by atoms with Gasteiger partial charge in [-0.05, 0) is 41.5 Å². The number of ether oxygens (including phenoxy) is 3. The van der Waals surface area contributed by atoms with E-state index in [1.807, 2.05) is 60.7 Å². The molecule has 0 N–H and O–H groups in total. The standard InChI is InChI=1S/C30H22N2O6/c33-30-27(31-29(38-30)23-11-14-25(15-12-23)32(34)35)17-24-13-16-26(36-19-21-7-3-1-4-8-21)18-28(24)37-20-22-9-5-2-6-10-22/h1-18H,19-20H2/b27-17-. The molecule has 0 spiro atoms. The van der Waals surface area contributed by atoms with Crippen LogP contribution in [-0.2, 0) is 22.7 Å². The number of aliphatic imine (C=N–C) groups is 1. The third-order valence-electron chi connectivity index (χ3n) is 5.71. The smallest absolute Gasteiger partial charge is 0.363 e. The van der Waals surface area contributed by atoms with Crippen molar-refractivity contribution in [3.63, 3.8) is 0 Å². The maximum absolute atomic E-state index is 12.6. The summed E-state index contributed by atoms with van der Waals surface area (Å²) in [6, 6.07) is 30.5. The Kier molecular flexibility index (Phi) is 7.22. The van der Waals surface area contributed by atoms with Gasteiger partial charge in [0.1, 0.15) is 24.7 Å². The number of carbonyl (C=O) groups is 1. The van der Waals surface area contributed by atoms with Crippen LogP contribution in [-0.4, -0.2) is 16.8 Å². The summed E-state index contributed by atoms with van der Waals surface area (Å²) in [5, 5.41) is 10.9. The molecule has 0 atom stereocenters. The fourth-order valence-electron chi connectivity index (χ4n) is 3.73. The number of carbonyl (C=O) groups excluding carboxylic acids is 1. The maximum atomic E-state index is 12.6. The summed E-state index contributed by atoms with van der Waals surface area (Å²) in [4.78, 5) is 27.3. The molecule has 0 saturated carbocycles. The molecule has 8 heteroatoms. The van der Waals surface area contributed by atoms with Gasteiger partial charge < -0.3 is 14.2 Å². The Morgan fingerprint density at radius 3 is 2.08 bits per heavy atom. The summed E-state index contributed by atoms with van der Waals surface area (Å²) in [7, 11) is 0. The van der Waals surface area contributed by atoms with Crippen molar-refractivity contribution in [1.29, 1.82) is 0 Å². The molecule has 0 aromatic heterocycles. The van der Waals surface area contributed by atoms with Crippen LogP contribution in [0.2, 0.25) is 0 Å². The third kappa shape index (κ3) is 5.93. The van der Waals surface area contributed by atoms with Gasteiger partial charge >= 0.3 is 5.97 Å². The van der Waals surface area contributed by atoms with Gasteiger partial charge in [0, 0.05) is 29.3 Å². The predicted molar refractivity (Wildman–Crippen MR) is 142 cm³/mol. The first-order valence-electron chi connectivity index (χ1n) is 11.8. The van der Waals surface area contributed by atoms with Crippen LogP contribution in [0, 0.1) is 10.1 Å². The molecule has 0 saturated heterocycles. The monoisotopic (exact) mass is 506 g/mol. The summed E-state index contributed by atoms with van der Waals surface area (Å²) >= 11 is 0. The number of hydrogen-bond donors (Lipinski definition) is 0. The highest BCUT2D eigenvalue weighted by atomic mass is 16.6. The molecule has 1 aliphatic heterocycles. The Bertz CT molecular complexity index is 1510. The molecule has 8 nitrogen and oxygen atoms in total. The first-order valence-corrected chi connectivity index (χ1v) is 11.8. The molecule has 0 radical (unpaired) electrons. The van der Waals surface area contributed by atoms with Gasteiger partial charge in [-0.25, -0.2) is 9.79 Å². The van der Waals surface area contributed by atoms with Gasteiger partial charge in [0.05, 0.1) is 4.92 Å². The lowest BCUT2D eigenvalue weighted by Crippen LogP contribution is -2.05. The number of nitrogens with zero attached hydrogens (tertiary/aromatic N) is 2. The Hall–Kier alpha value is -5.24. The Morgan fingerprint density at radius 2 is 1.45 bits per heavy atom. The first kappa shape index (κ1) is 24.5. The molecule has 38 heavy (non-hydrogen) atoms. The van der Waals surface area contributed by atoms with E-state index in [1.165, 1.54) is 24.3 Å². The van der Waals surface area contributed by atoms with Crippen LogP contribution >= 0.6 is 0 Å². The van der Waals surface area contributed by atoms with Crippen molar-refractivity contribution < 1.29 is 23.9 Å². The molecule has 5 rings (SSSR count). The van der Waals surface area contributed by atoms with Crippen LogP contribution in [0.15, 0.2) is 114 Å². The van der Waals surface area contributed by atoms with E-state index in [0.29, 0.717) is 35.8 Å². The number of hydrogen-bond acceptors (Lipinski definition) is 7. The van der Waals surface area contributed by atoms with Crippen molar-refractivity contribution in [1.82, 2.24) is 0 Å². The minimum atomic E-state index is -0.628. The number of benzene rings is 4. The van der Waals surface area contributed by atoms with Gasteiger partial charge in [-0.15, -0.1) is 0 Å². The molecular weight excluding hydrogens is 484 g/mol. The number of rotatable bonds is 9. The van der Waals surface area contributed by atoms with E-state index in [1.54, 1.807) is 24.3 Å². The van der Waals surface area contributed by atoms with Crippen molar-refractivity contribution in [2.45, 2.75) is 13.2 Å². The Balaban J connectivity index is 1.41. The molecule has 0 fully saturated rings. The molecule has 4 aromatic rings. The van der Waals surface area contributed by atoms with E-state index in [2.05, 4.69) is 4.99 Å². The fraction of sp³-hybridized carbons (Fsp3) is 0.0667. The lowest BCUT2D eigenvalue weighted by Gasteiger charge is -2.13. The van der Waals surface area contributed by atoms with Gasteiger partial charge in [0.2, 0.25) is 5.90 Å². The second-order valence-corrected chi connectivity index (χ2v) is 8.39. The molecular formula is C30H22N2O6. The van der Waals surface area contributed by atoms with Crippen molar-refractivity contribution in [3.05, 3.63) is 141 Å². The van der Waals surface area contributed by atoms with Gasteiger partial charge in [-0.1, -0.05) is 60.7 Å². The summed E-state index contributed by atoms with van der Waals surface area (Å²) in [5.41, 5.74) is 3.11. The van der Waals surface area contributed by atoms with E-state index >= 15 is 0 Å². The van der Waals surface area contributed by atoms with Gasteiger partial charge in [0.25, 0.3) is 5.69 Å². The average molecular weight is 507 g/mol. The fourth-order valence-corrected chi connectivity index (χ4v) is 3.73. The van der Waals surface area contributed by atoms with Crippen LogP contribution in [0.5, 0.6) is 11.5 Å². The van der Waals surface area contributed by atoms with Crippen LogP contribution < -0.4 is 9.47 Å². The molecule has 1 heterocycles. The van der Waals surface area contributed by atoms with Crippen molar-refractivity contribution in [2.75, 3.05) is 0 Å². The molecule has 0 bridgehead atoms. The highest BCUT2D eigenvalue weighted by molar-refractivity contribution is 6.13. The highest BCUT2D eigenvalue weighted by Crippen LogP contribution is 2.30. The zero-order valence-electron chi connectivity index (χ0n) is 20.2. The minimum Gasteiger partial charge on any atom is -0.489 e. The lowest BCUT2D eigenvalue weighted by molar-refractivity contribution is -0.384. The lowest BCUT2D eigenvalue weighted by atomic mass is 10.1. The zero-order chi connectivity index (χ0) is 26.3. The van der Waals surface area contributed by atoms with E-state index in [4.69, 9.17) is 14.2 Å². The predicted octanol–water partition coefficient (Wildman–Crippen LogP) is 6.10. The highest BCUT2D eigenvalue weighted by Gasteiger charge is 2.25. The van der Waals surface area contributed by atoms with Gasteiger partial charge in [-0.3, -0.25) is 10.1 Å². The van der Waals surface area contributed by atoms with Crippen molar-refractivity contribution >= 4 is 23.6 Å². The van der Waals surface area contributed by atoms with Crippen LogP contribution in [0.3, 0.4) is 0 Å². The first-order chi connectivity index (χ1) is 18.5. The topological polar surface area (TPSA) is 100 Å². The van der Waals surface area contributed by atoms with E-state index in [9.17, 15) is 14.9 Å². The van der Waals surface area contributed by atoms with E-state index in [-0.39, 0.29) is 17.3 Å². The third-order valence-corrected chi connectivity index (χ3v) is 5.71. The number of nitro benzene ring substituents is 1. The van der Waals surface area contributed by atoms with Gasteiger partial charge in [0.15, 0.2) is 5.70 Å². The van der Waals surface area contributed by atoms with Crippen LogP contribution in [0.25, 0.3) is 6.08 Å². The van der Waals surface area contributed by atoms with Crippen LogP contribution in [0.1, 0.15) is 22.3 Å². The normalized spacial score (nSPS) is 13.6. The summed E-state index contributed by atoms with van der Waals surface area (Å²) < 4.78 is 17.4. The molecule has 0 amide bonds. The molecule has 1 aliphatic rings. The number of non-ortho nitro benzene ring substituents is 1. The number of esters is 1. The Morgan fingerprint density at radius 1 is 0.816 bits per heavy atom. The largest absolute Gasteiger partial charge is 0.489 e. The minimum absolute atomic E-state index is 0.0655.